The van der Waals surface area contributed by atoms with Crippen molar-refractivity contribution in [2.75, 3.05) is 20.4 Å². The van der Waals surface area contributed by atoms with Gasteiger partial charge in [0.1, 0.15) is 5.75 Å². The van der Waals surface area contributed by atoms with E-state index in [0.717, 1.165) is 5.56 Å². The molecule has 6 heteroatoms. The van der Waals surface area contributed by atoms with Gasteiger partial charge >= 0.3 is 0 Å². The number of carbonyl (C=O) groups is 1. The highest BCUT2D eigenvalue weighted by Crippen LogP contribution is 2.34. The average molecular weight is 329 g/mol. The van der Waals surface area contributed by atoms with Crippen LogP contribution in [0, 0.1) is 0 Å². The third-order valence-electron chi connectivity index (χ3n) is 3.84. The van der Waals surface area contributed by atoms with E-state index in [1.54, 1.807) is 42.5 Å². The molecule has 24 heavy (non-hydrogen) atoms. The van der Waals surface area contributed by atoms with Gasteiger partial charge in [-0.3, -0.25) is 4.79 Å². The summed E-state index contributed by atoms with van der Waals surface area (Å²) in [5.41, 5.74) is 1.20. The number of aliphatic hydroxyl groups is 1. The lowest BCUT2D eigenvalue weighted by atomic mass is 10.1. The van der Waals surface area contributed by atoms with Gasteiger partial charge in [-0.25, -0.2) is 0 Å². The lowest BCUT2D eigenvalue weighted by Gasteiger charge is -2.13. The van der Waals surface area contributed by atoms with Gasteiger partial charge in [0.2, 0.25) is 6.79 Å². The summed E-state index contributed by atoms with van der Waals surface area (Å²) in [7, 11) is 1.52. The van der Waals surface area contributed by atoms with Crippen molar-refractivity contribution >= 4 is 5.91 Å². The molecule has 1 atom stereocenters. The molecule has 6 nitrogen and oxygen atoms in total. The summed E-state index contributed by atoms with van der Waals surface area (Å²) >= 11 is 0. The number of benzene rings is 2. The fraction of sp³-hybridized carbons (Fsp3) is 0.278. The molecule has 0 bridgehead atoms. The number of hydrogen-bond donors (Lipinski definition) is 2. The number of carbonyl (C=O) groups excluding carboxylic acids is 1. The molecule has 2 aromatic rings. The van der Waals surface area contributed by atoms with Gasteiger partial charge in [-0.15, -0.1) is 0 Å². The van der Waals surface area contributed by atoms with Gasteiger partial charge in [-0.05, 0) is 36.2 Å². The number of aliphatic hydroxyl groups excluding tert-OH is 1. The van der Waals surface area contributed by atoms with Crippen molar-refractivity contribution in [3.8, 4) is 17.2 Å². The zero-order chi connectivity index (χ0) is 16.9. The molecule has 1 amide bonds. The van der Waals surface area contributed by atoms with E-state index in [2.05, 4.69) is 5.32 Å². The first kappa shape index (κ1) is 16.1. The second kappa shape index (κ2) is 7.23. The van der Waals surface area contributed by atoms with Crippen molar-refractivity contribution < 1.29 is 24.1 Å². The van der Waals surface area contributed by atoms with Gasteiger partial charge in [0, 0.05) is 6.54 Å². The molecule has 0 saturated heterocycles. The maximum Gasteiger partial charge on any atom is 0.255 e. The lowest BCUT2D eigenvalue weighted by molar-refractivity contribution is 0.0939. The third-order valence-corrected chi connectivity index (χ3v) is 3.84. The third kappa shape index (κ3) is 3.44. The Morgan fingerprint density at radius 3 is 2.88 bits per heavy atom. The minimum Gasteiger partial charge on any atom is -0.496 e. The van der Waals surface area contributed by atoms with Gasteiger partial charge < -0.3 is 24.6 Å². The van der Waals surface area contributed by atoms with Crippen LogP contribution in [0.2, 0.25) is 0 Å². The first-order valence-corrected chi connectivity index (χ1v) is 7.68. The Hall–Kier alpha value is -2.73. The molecule has 1 heterocycles. The van der Waals surface area contributed by atoms with Crippen LogP contribution in [-0.2, 0) is 0 Å². The molecule has 0 spiro atoms. The van der Waals surface area contributed by atoms with E-state index in [1.165, 1.54) is 7.11 Å². The van der Waals surface area contributed by atoms with E-state index in [0.29, 0.717) is 35.8 Å². The number of amides is 1. The molecule has 2 N–H and O–H groups in total. The van der Waals surface area contributed by atoms with Crippen molar-refractivity contribution in [2.45, 2.75) is 12.5 Å². The molecule has 0 aromatic heterocycles. The topological polar surface area (TPSA) is 77.0 Å². The summed E-state index contributed by atoms with van der Waals surface area (Å²) in [6.45, 7) is 0.538. The second-order valence-corrected chi connectivity index (χ2v) is 5.37. The fourth-order valence-electron chi connectivity index (χ4n) is 2.54. The molecule has 0 radical (unpaired) electrons. The summed E-state index contributed by atoms with van der Waals surface area (Å²) < 4.78 is 15.7. The predicted molar refractivity (Wildman–Crippen MR) is 87.5 cm³/mol. The minimum absolute atomic E-state index is 0.198. The first-order chi connectivity index (χ1) is 11.7. The van der Waals surface area contributed by atoms with Gasteiger partial charge in [-0.1, -0.05) is 18.2 Å². The van der Waals surface area contributed by atoms with Gasteiger partial charge in [0.05, 0.1) is 18.8 Å². The summed E-state index contributed by atoms with van der Waals surface area (Å²) in [5, 5.41) is 13.1. The number of methoxy groups -OCH3 is 1. The number of nitrogens with one attached hydrogen (secondary N) is 1. The molecule has 0 aliphatic carbocycles. The maximum absolute atomic E-state index is 12.2. The molecular weight excluding hydrogens is 310 g/mol. The van der Waals surface area contributed by atoms with Crippen molar-refractivity contribution in [3.05, 3.63) is 53.6 Å². The number of hydrogen-bond acceptors (Lipinski definition) is 5. The van der Waals surface area contributed by atoms with Crippen LogP contribution < -0.4 is 19.5 Å². The Labute approximate surface area is 140 Å². The zero-order valence-corrected chi connectivity index (χ0v) is 13.3. The van der Waals surface area contributed by atoms with Crippen molar-refractivity contribution in [1.82, 2.24) is 5.32 Å². The fourth-order valence-corrected chi connectivity index (χ4v) is 2.54. The van der Waals surface area contributed by atoms with E-state index < -0.39 is 6.10 Å². The average Bonchev–Trinajstić information content (AvgIpc) is 3.09. The normalized spacial score (nSPS) is 13.4. The van der Waals surface area contributed by atoms with Crippen LogP contribution in [0.1, 0.15) is 28.4 Å². The van der Waals surface area contributed by atoms with Gasteiger partial charge in [0.25, 0.3) is 5.91 Å². The molecule has 1 aliphatic rings. The Kier molecular flexibility index (Phi) is 4.86. The standard InChI is InChI=1S/C18H19NO5/c1-22-15-5-3-2-4-13(15)18(21)19-9-8-14(20)12-6-7-16-17(10-12)24-11-23-16/h2-7,10,14,20H,8-9,11H2,1H3,(H,19,21). The van der Waals surface area contributed by atoms with Crippen LogP contribution in [0.15, 0.2) is 42.5 Å². The quantitative estimate of drug-likeness (QED) is 0.850. The molecule has 1 aliphatic heterocycles. The number of rotatable bonds is 6. The van der Waals surface area contributed by atoms with E-state index in [9.17, 15) is 9.90 Å². The van der Waals surface area contributed by atoms with E-state index in [1.807, 2.05) is 0 Å². The van der Waals surface area contributed by atoms with Crippen molar-refractivity contribution in [3.63, 3.8) is 0 Å². The Bertz CT molecular complexity index is 731. The lowest BCUT2D eigenvalue weighted by Crippen LogP contribution is -2.26. The molecule has 2 aromatic carbocycles. The summed E-state index contributed by atoms with van der Waals surface area (Å²) in [6, 6.07) is 12.3. The SMILES string of the molecule is COc1ccccc1C(=O)NCCC(O)c1ccc2c(c1)OCO2. The number of fused-ring (bicyclic) bond motifs is 1. The first-order valence-electron chi connectivity index (χ1n) is 7.68. The number of ether oxygens (including phenoxy) is 3. The van der Waals surface area contributed by atoms with Gasteiger partial charge in [-0.2, -0.15) is 0 Å². The minimum atomic E-state index is -0.697. The Morgan fingerprint density at radius 1 is 1.25 bits per heavy atom. The van der Waals surface area contributed by atoms with Crippen molar-refractivity contribution in [2.24, 2.45) is 0 Å². The second-order valence-electron chi connectivity index (χ2n) is 5.37. The van der Waals surface area contributed by atoms with Crippen molar-refractivity contribution in [1.29, 1.82) is 0 Å². The molecule has 1 unspecified atom stereocenters. The molecule has 3 rings (SSSR count). The molecule has 126 valence electrons. The summed E-state index contributed by atoms with van der Waals surface area (Å²) in [6.07, 6.45) is -0.307. The van der Waals surface area contributed by atoms with E-state index in [4.69, 9.17) is 14.2 Å². The van der Waals surface area contributed by atoms with Crippen LogP contribution in [-0.4, -0.2) is 31.5 Å². The smallest absolute Gasteiger partial charge is 0.255 e. The highest BCUT2D eigenvalue weighted by Gasteiger charge is 2.17. The molecule has 0 fully saturated rings. The largest absolute Gasteiger partial charge is 0.496 e. The zero-order valence-electron chi connectivity index (χ0n) is 13.3. The van der Waals surface area contributed by atoms with Crippen LogP contribution in [0.25, 0.3) is 0 Å². The molecular formula is C18H19NO5. The number of para-hydroxylation sites is 1. The monoisotopic (exact) mass is 329 g/mol. The van der Waals surface area contributed by atoms with Crippen LogP contribution in [0.3, 0.4) is 0 Å². The van der Waals surface area contributed by atoms with E-state index in [-0.39, 0.29) is 12.7 Å². The van der Waals surface area contributed by atoms with Crippen LogP contribution in [0.4, 0.5) is 0 Å². The molecule has 0 saturated carbocycles. The Balaban J connectivity index is 1.55. The highest BCUT2D eigenvalue weighted by molar-refractivity contribution is 5.96. The maximum atomic E-state index is 12.2. The summed E-state index contributed by atoms with van der Waals surface area (Å²) in [5.74, 6) is 1.59. The highest BCUT2D eigenvalue weighted by atomic mass is 16.7. The van der Waals surface area contributed by atoms with E-state index >= 15 is 0 Å². The Morgan fingerprint density at radius 2 is 2.04 bits per heavy atom. The van der Waals surface area contributed by atoms with Gasteiger partial charge in [0.15, 0.2) is 11.5 Å². The predicted octanol–water partition coefficient (Wildman–Crippen LogP) is 2.28. The van der Waals surface area contributed by atoms with Crippen LogP contribution in [0.5, 0.6) is 17.2 Å². The summed E-state index contributed by atoms with van der Waals surface area (Å²) in [4.78, 5) is 12.2. The van der Waals surface area contributed by atoms with Crippen LogP contribution >= 0.6 is 0 Å².